The van der Waals surface area contributed by atoms with Gasteiger partial charge in [0.2, 0.25) is 11.8 Å². The summed E-state index contributed by atoms with van der Waals surface area (Å²) in [6, 6.07) is -0.347. The molecule has 0 aliphatic carbocycles. The van der Waals surface area contributed by atoms with Gasteiger partial charge in [-0.1, -0.05) is 13.8 Å². The van der Waals surface area contributed by atoms with Gasteiger partial charge in [0, 0.05) is 20.0 Å². The maximum Gasteiger partial charge on any atom is 0.245 e. The average molecular weight is 184 g/mol. The van der Waals surface area contributed by atoms with Crippen LogP contribution in [0.15, 0.2) is 0 Å². The van der Waals surface area contributed by atoms with Crippen molar-refractivity contribution < 1.29 is 9.59 Å². The lowest BCUT2D eigenvalue weighted by atomic mass is 10.0. The molecule has 0 bridgehead atoms. The standard InChI is InChI=1S/C9H16N2O2/c1-6(2)8-9(13)11(3)5-4-7(12)10-8/h6,8H,4-5H2,1-3H3,(H,10,12). The van der Waals surface area contributed by atoms with Crippen LogP contribution in [0.5, 0.6) is 0 Å². The van der Waals surface area contributed by atoms with Crippen molar-refractivity contribution in [2.75, 3.05) is 13.6 Å². The number of likely N-dealkylation sites (N-methyl/N-ethyl adjacent to an activating group) is 1. The zero-order valence-electron chi connectivity index (χ0n) is 8.33. The first kappa shape index (κ1) is 10.0. The molecule has 0 aromatic carbocycles. The first-order valence-electron chi connectivity index (χ1n) is 4.56. The Morgan fingerprint density at radius 3 is 2.62 bits per heavy atom. The van der Waals surface area contributed by atoms with Crippen LogP contribution in [-0.4, -0.2) is 36.3 Å². The highest BCUT2D eigenvalue weighted by molar-refractivity contribution is 5.89. The Kier molecular flexibility index (Phi) is 2.90. The van der Waals surface area contributed by atoms with Crippen molar-refractivity contribution in [2.45, 2.75) is 26.3 Å². The molecule has 1 aliphatic rings. The minimum absolute atomic E-state index is 0.0147. The van der Waals surface area contributed by atoms with Crippen LogP contribution in [0.1, 0.15) is 20.3 Å². The van der Waals surface area contributed by atoms with Gasteiger partial charge in [-0.15, -0.1) is 0 Å². The zero-order chi connectivity index (χ0) is 10.0. The predicted molar refractivity (Wildman–Crippen MR) is 49.0 cm³/mol. The summed E-state index contributed by atoms with van der Waals surface area (Å²) < 4.78 is 0. The van der Waals surface area contributed by atoms with Gasteiger partial charge in [-0.3, -0.25) is 9.59 Å². The molecule has 1 fully saturated rings. The van der Waals surface area contributed by atoms with Crippen LogP contribution < -0.4 is 5.32 Å². The van der Waals surface area contributed by atoms with Crippen molar-refractivity contribution in [2.24, 2.45) is 5.92 Å². The number of hydrogen-bond acceptors (Lipinski definition) is 2. The second-order valence-corrected chi connectivity index (χ2v) is 3.80. The molecule has 4 heteroatoms. The molecule has 13 heavy (non-hydrogen) atoms. The van der Waals surface area contributed by atoms with E-state index in [1.54, 1.807) is 11.9 Å². The van der Waals surface area contributed by atoms with Gasteiger partial charge >= 0.3 is 0 Å². The van der Waals surface area contributed by atoms with Crippen LogP contribution in [-0.2, 0) is 9.59 Å². The normalized spacial score (nSPS) is 24.6. The number of carbonyl (C=O) groups excluding carboxylic acids is 2. The number of nitrogens with zero attached hydrogens (tertiary/aromatic N) is 1. The maximum absolute atomic E-state index is 11.6. The predicted octanol–water partition coefficient (Wildman–Crippen LogP) is -0.0107. The molecule has 0 aromatic heterocycles. The summed E-state index contributed by atoms with van der Waals surface area (Å²) in [4.78, 5) is 24.5. The first-order chi connectivity index (χ1) is 6.02. The smallest absolute Gasteiger partial charge is 0.245 e. The first-order valence-corrected chi connectivity index (χ1v) is 4.56. The van der Waals surface area contributed by atoms with Crippen molar-refractivity contribution in [3.63, 3.8) is 0 Å². The molecule has 2 amide bonds. The summed E-state index contributed by atoms with van der Waals surface area (Å²) in [7, 11) is 1.73. The van der Waals surface area contributed by atoms with Crippen LogP contribution in [0.3, 0.4) is 0 Å². The van der Waals surface area contributed by atoms with Gasteiger partial charge in [0.25, 0.3) is 0 Å². The van der Waals surface area contributed by atoms with Gasteiger partial charge in [0.1, 0.15) is 6.04 Å². The number of nitrogens with one attached hydrogen (secondary N) is 1. The van der Waals surface area contributed by atoms with Gasteiger partial charge in [0.15, 0.2) is 0 Å². The van der Waals surface area contributed by atoms with Crippen molar-refractivity contribution >= 4 is 11.8 Å². The Bertz CT molecular complexity index is 226. The highest BCUT2D eigenvalue weighted by Crippen LogP contribution is 2.08. The minimum atomic E-state index is -0.347. The van der Waals surface area contributed by atoms with E-state index in [1.807, 2.05) is 13.8 Å². The molecule has 1 aliphatic heterocycles. The van der Waals surface area contributed by atoms with E-state index in [4.69, 9.17) is 0 Å². The molecular weight excluding hydrogens is 168 g/mol. The van der Waals surface area contributed by atoms with E-state index < -0.39 is 0 Å². The highest BCUT2D eigenvalue weighted by atomic mass is 16.2. The molecule has 0 radical (unpaired) electrons. The molecule has 0 spiro atoms. The molecule has 1 rings (SSSR count). The molecule has 1 heterocycles. The molecule has 74 valence electrons. The van der Waals surface area contributed by atoms with E-state index in [-0.39, 0.29) is 23.8 Å². The van der Waals surface area contributed by atoms with Gasteiger partial charge in [-0.25, -0.2) is 0 Å². The summed E-state index contributed by atoms with van der Waals surface area (Å²) in [5, 5.41) is 2.73. The van der Waals surface area contributed by atoms with E-state index in [0.717, 1.165) is 0 Å². The number of amides is 2. The molecule has 0 aromatic rings. The van der Waals surface area contributed by atoms with Gasteiger partial charge in [0.05, 0.1) is 0 Å². The fourth-order valence-electron chi connectivity index (χ4n) is 1.38. The second-order valence-electron chi connectivity index (χ2n) is 3.80. The second kappa shape index (κ2) is 3.77. The fraction of sp³-hybridized carbons (Fsp3) is 0.778. The third kappa shape index (κ3) is 2.20. The Labute approximate surface area is 78.3 Å². The summed E-state index contributed by atoms with van der Waals surface area (Å²) in [5.74, 6) is 0.134. The Morgan fingerprint density at radius 1 is 1.46 bits per heavy atom. The Balaban J connectivity index is 2.78. The highest BCUT2D eigenvalue weighted by Gasteiger charge is 2.29. The topological polar surface area (TPSA) is 49.4 Å². The SMILES string of the molecule is CC(C)C1NC(=O)CCN(C)C1=O. The maximum atomic E-state index is 11.6. The van der Waals surface area contributed by atoms with Gasteiger partial charge in [-0.05, 0) is 5.92 Å². The summed E-state index contributed by atoms with van der Waals surface area (Å²) in [6.45, 7) is 4.39. The Hall–Kier alpha value is -1.06. The van der Waals surface area contributed by atoms with Crippen molar-refractivity contribution in [3.8, 4) is 0 Å². The number of hydrogen-bond donors (Lipinski definition) is 1. The van der Waals surface area contributed by atoms with E-state index in [0.29, 0.717) is 13.0 Å². The average Bonchev–Trinajstić information content (AvgIpc) is 2.18. The van der Waals surface area contributed by atoms with Gasteiger partial charge in [-0.2, -0.15) is 0 Å². The summed E-state index contributed by atoms with van der Waals surface area (Å²) in [6.07, 6.45) is 0.408. The van der Waals surface area contributed by atoms with E-state index >= 15 is 0 Å². The number of rotatable bonds is 1. The van der Waals surface area contributed by atoms with Crippen molar-refractivity contribution in [1.82, 2.24) is 10.2 Å². The van der Waals surface area contributed by atoms with E-state index in [1.165, 1.54) is 0 Å². The fourth-order valence-corrected chi connectivity index (χ4v) is 1.38. The van der Waals surface area contributed by atoms with Crippen LogP contribution in [0.25, 0.3) is 0 Å². The third-order valence-electron chi connectivity index (χ3n) is 2.30. The van der Waals surface area contributed by atoms with Crippen LogP contribution >= 0.6 is 0 Å². The van der Waals surface area contributed by atoms with E-state index in [2.05, 4.69) is 5.32 Å². The van der Waals surface area contributed by atoms with Crippen LogP contribution in [0.2, 0.25) is 0 Å². The molecule has 1 N–H and O–H groups in total. The monoisotopic (exact) mass is 184 g/mol. The Morgan fingerprint density at radius 2 is 2.08 bits per heavy atom. The molecular formula is C9H16N2O2. The van der Waals surface area contributed by atoms with Crippen molar-refractivity contribution in [3.05, 3.63) is 0 Å². The summed E-state index contributed by atoms with van der Waals surface area (Å²) in [5.41, 5.74) is 0. The number of carbonyl (C=O) groups is 2. The zero-order valence-corrected chi connectivity index (χ0v) is 8.33. The summed E-state index contributed by atoms with van der Waals surface area (Å²) >= 11 is 0. The molecule has 1 unspecified atom stereocenters. The van der Waals surface area contributed by atoms with Crippen molar-refractivity contribution in [1.29, 1.82) is 0 Å². The molecule has 4 nitrogen and oxygen atoms in total. The lowest BCUT2D eigenvalue weighted by Gasteiger charge is -2.22. The molecule has 0 saturated carbocycles. The van der Waals surface area contributed by atoms with Crippen LogP contribution in [0.4, 0.5) is 0 Å². The lowest BCUT2D eigenvalue weighted by Crippen LogP contribution is -2.46. The molecule has 1 saturated heterocycles. The minimum Gasteiger partial charge on any atom is -0.344 e. The largest absolute Gasteiger partial charge is 0.344 e. The lowest BCUT2D eigenvalue weighted by molar-refractivity contribution is -0.133. The van der Waals surface area contributed by atoms with E-state index in [9.17, 15) is 9.59 Å². The quantitative estimate of drug-likeness (QED) is 0.623. The van der Waals surface area contributed by atoms with Gasteiger partial charge < -0.3 is 10.2 Å². The van der Waals surface area contributed by atoms with Crippen LogP contribution in [0, 0.1) is 5.92 Å². The molecule has 1 atom stereocenters. The third-order valence-corrected chi connectivity index (χ3v) is 2.30.